The van der Waals surface area contributed by atoms with Crippen molar-refractivity contribution in [2.75, 3.05) is 0 Å². The SMILES string of the molecule is CCn1cc(Oc2nnc(C)c(C)c2CN)cn1. The van der Waals surface area contributed by atoms with E-state index in [0.29, 0.717) is 18.2 Å². The van der Waals surface area contributed by atoms with Crippen molar-refractivity contribution >= 4 is 0 Å². The third-order valence-corrected chi connectivity index (χ3v) is 2.90. The molecule has 18 heavy (non-hydrogen) atoms. The first kappa shape index (κ1) is 12.5. The Bertz CT molecular complexity index is 549. The topological polar surface area (TPSA) is 78.8 Å². The van der Waals surface area contributed by atoms with Gasteiger partial charge in [0, 0.05) is 18.7 Å². The first-order valence-corrected chi connectivity index (χ1v) is 5.88. The molecule has 0 fully saturated rings. The summed E-state index contributed by atoms with van der Waals surface area (Å²) in [6.45, 7) is 7.05. The largest absolute Gasteiger partial charge is 0.434 e. The van der Waals surface area contributed by atoms with Gasteiger partial charge in [-0.1, -0.05) is 0 Å². The fraction of sp³-hybridized carbons (Fsp3) is 0.417. The van der Waals surface area contributed by atoms with E-state index in [1.807, 2.05) is 27.0 Å². The molecule has 6 heteroatoms. The maximum atomic E-state index is 5.74. The number of hydrogen-bond donors (Lipinski definition) is 1. The van der Waals surface area contributed by atoms with Gasteiger partial charge in [0.15, 0.2) is 5.75 Å². The summed E-state index contributed by atoms with van der Waals surface area (Å²) in [5, 5.41) is 12.2. The minimum atomic E-state index is 0.374. The molecule has 0 saturated carbocycles. The molecule has 0 aliphatic carbocycles. The maximum Gasteiger partial charge on any atom is 0.243 e. The molecular formula is C12H17N5O. The van der Waals surface area contributed by atoms with Gasteiger partial charge in [0.25, 0.3) is 0 Å². The summed E-state index contributed by atoms with van der Waals surface area (Å²) >= 11 is 0. The van der Waals surface area contributed by atoms with Gasteiger partial charge < -0.3 is 10.5 Å². The average molecular weight is 247 g/mol. The summed E-state index contributed by atoms with van der Waals surface area (Å²) in [5.41, 5.74) is 8.50. The first-order chi connectivity index (χ1) is 8.65. The molecule has 0 aromatic carbocycles. The quantitative estimate of drug-likeness (QED) is 0.887. The Morgan fingerprint density at radius 3 is 2.72 bits per heavy atom. The Morgan fingerprint density at radius 2 is 2.11 bits per heavy atom. The molecule has 0 radical (unpaired) electrons. The molecule has 0 amide bonds. The van der Waals surface area contributed by atoms with E-state index in [1.54, 1.807) is 10.9 Å². The molecule has 0 saturated heterocycles. The Kier molecular flexibility index (Phi) is 3.57. The smallest absolute Gasteiger partial charge is 0.243 e. The summed E-state index contributed by atoms with van der Waals surface area (Å²) in [5.74, 6) is 1.10. The molecule has 2 aromatic heterocycles. The molecule has 2 aromatic rings. The lowest BCUT2D eigenvalue weighted by atomic mass is 10.1. The Morgan fingerprint density at radius 1 is 1.33 bits per heavy atom. The van der Waals surface area contributed by atoms with Gasteiger partial charge in [-0.05, 0) is 26.3 Å². The van der Waals surface area contributed by atoms with Gasteiger partial charge >= 0.3 is 0 Å². The number of rotatable bonds is 4. The van der Waals surface area contributed by atoms with Crippen LogP contribution in [0.3, 0.4) is 0 Å². The van der Waals surface area contributed by atoms with Crippen LogP contribution >= 0.6 is 0 Å². The van der Waals surface area contributed by atoms with Gasteiger partial charge in [-0.3, -0.25) is 4.68 Å². The third kappa shape index (κ3) is 2.33. The lowest BCUT2D eigenvalue weighted by molar-refractivity contribution is 0.445. The van der Waals surface area contributed by atoms with Crippen LogP contribution in [0.25, 0.3) is 0 Å². The summed E-state index contributed by atoms with van der Waals surface area (Å²) in [4.78, 5) is 0. The highest BCUT2D eigenvalue weighted by Gasteiger charge is 2.12. The van der Waals surface area contributed by atoms with Crippen LogP contribution in [0.2, 0.25) is 0 Å². The number of aryl methyl sites for hydroxylation is 2. The van der Waals surface area contributed by atoms with Gasteiger partial charge in [-0.25, -0.2) is 0 Å². The van der Waals surface area contributed by atoms with Crippen molar-refractivity contribution in [3.8, 4) is 11.6 Å². The second-order valence-electron chi connectivity index (χ2n) is 4.03. The van der Waals surface area contributed by atoms with E-state index in [-0.39, 0.29) is 0 Å². The lowest BCUT2D eigenvalue weighted by Gasteiger charge is -2.10. The predicted molar refractivity (Wildman–Crippen MR) is 67.4 cm³/mol. The molecule has 0 spiro atoms. The van der Waals surface area contributed by atoms with Crippen molar-refractivity contribution < 1.29 is 4.74 Å². The van der Waals surface area contributed by atoms with E-state index in [1.165, 1.54) is 0 Å². The monoisotopic (exact) mass is 247 g/mol. The van der Waals surface area contributed by atoms with Crippen LogP contribution in [0.4, 0.5) is 0 Å². The van der Waals surface area contributed by atoms with E-state index in [0.717, 1.165) is 23.4 Å². The van der Waals surface area contributed by atoms with Crippen LogP contribution in [0.15, 0.2) is 12.4 Å². The van der Waals surface area contributed by atoms with Crippen LogP contribution in [-0.4, -0.2) is 20.0 Å². The highest BCUT2D eigenvalue weighted by molar-refractivity contribution is 5.37. The third-order valence-electron chi connectivity index (χ3n) is 2.90. The second kappa shape index (κ2) is 5.14. The molecule has 0 unspecified atom stereocenters. The molecular weight excluding hydrogens is 230 g/mol. The Labute approximate surface area is 106 Å². The van der Waals surface area contributed by atoms with Gasteiger partial charge in [0.05, 0.1) is 18.1 Å². The molecule has 2 N–H and O–H groups in total. The summed E-state index contributed by atoms with van der Waals surface area (Å²) in [6.07, 6.45) is 3.47. The second-order valence-corrected chi connectivity index (χ2v) is 4.03. The highest BCUT2D eigenvalue weighted by Crippen LogP contribution is 2.25. The highest BCUT2D eigenvalue weighted by atomic mass is 16.5. The predicted octanol–water partition coefficient (Wildman–Crippen LogP) is 1.56. The molecule has 2 heterocycles. The molecule has 6 nitrogen and oxygen atoms in total. The van der Waals surface area contributed by atoms with Crippen molar-refractivity contribution in [3.63, 3.8) is 0 Å². The van der Waals surface area contributed by atoms with Gasteiger partial charge in [0.2, 0.25) is 5.88 Å². The molecule has 0 atom stereocenters. The van der Waals surface area contributed by atoms with Gasteiger partial charge in [-0.2, -0.15) is 10.2 Å². The van der Waals surface area contributed by atoms with Crippen LogP contribution in [0.5, 0.6) is 11.6 Å². The van der Waals surface area contributed by atoms with E-state index >= 15 is 0 Å². The standard InChI is InChI=1S/C12H17N5O/c1-4-17-7-10(6-14-17)18-12-11(5-13)8(2)9(3)15-16-12/h6-7H,4-5,13H2,1-3H3. The normalized spacial score (nSPS) is 10.7. The van der Waals surface area contributed by atoms with E-state index < -0.39 is 0 Å². The average Bonchev–Trinajstić information content (AvgIpc) is 2.82. The van der Waals surface area contributed by atoms with Crippen molar-refractivity contribution in [2.24, 2.45) is 5.73 Å². The van der Waals surface area contributed by atoms with Crippen molar-refractivity contribution in [1.82, 2.24) is 20.0 Å². The molecule has 0 aliphatic heterocycles. The summed E-state index contributed by atoms with van der Waals surface area (Å²) in [6, 6.07) is 0. The molecule has 2 rings (SSSR count). The summed E-state index contributed by atoms with van der Waals surface area (Å²) in [7, 11) is 0. The number of hydrogen-bond acceptors (Lipinski definition) is 5. The zero-order chi connectivity index (χ0) is 13.1. The van der Waals surface area contributed by atoms with Gasteiger partial charge in [0.1, 0.15) is 0 Å². The molecule has 96 valence electrons. The minimum absolute atomic E-state index is 0.374. The van der Waals surface area contributed by atoms with Crippen LogP contribution in [-0.2, 0) is 13.1 Å². The van der Waals surface area contributed by atoms with E-state index in [4.69, 9.17) is 10.5 Å². The Hall–Kier alpha value is -1.95. The number of nitrogens with zero attached hydrogens (tertiary/aromatic N) is 4. The van der Waals surface area contributed by atoms with E-state index in [9.17, 15) is 0 Å². The number of nitrogens with two attached hydrogens (primary N) is 1. The lowest BCUT2D eigenvalue weighted by Crippen LogP contribution is -2.07. The molecule has 0 aliphatic rings. The van der Waals surface area contributed by atoms with Crippen molar-refractivity contribution in [3.05, 3.63) is 29.2 Å². The zero-order valence-electron chi connectivity index (χ0n) is 10.8. The summed E-state index contributed by atoms with van der Waals surface area (Å²) < 4.78 is 7.47. The molecule has 0 bridgehead atoms. The fourth-order valence-corrected chi connectivity index (χ4v) is 1.64. The van der Waals surface area contributed by atoms with Crippen LogP contribution in [0, 0.1) is 13.8 Å². The number of ether oxygens (including phenoxy) is 1. The van der Waals surface area contributed by atoms with Crippen LogP contribution < -0.4 is 10.5 Å². The Balaban J connectivity index is 2.31. The van der Waals surface area contributed by atoms with Crippen LogP contribution in [0.1, 0.15) is 23.7 Å². The number of aromatic nitrogens is 4. The fourth-order valence-electron chi connectivity index (χ4n) is 1.64. The first-order valence-electron chi connectivity index (χ1n) is 5.88. The van der Waals surface area contributed by atoms with Crippen molar-refractivity contribution in [1.29, 1.82) is 0 Å². The van der Waals surface area contributed by atoms with Crippen molar-refractivity contribution in [2.45, 2.75) is 33.9 Å². The maximum absolute atomic E-state index is 5.74. The van der Waals surface area contributed by atoms with Gasteiger partial charge in [-0.15, -0.1) is 5.10 Å². The van der Waals surface area contributed by atoms with E-state index in [2.05, 4.69) is 15.3 Å². The minimum Gasteiger partial charge on any atom is -0.434 e. The zero-order valence-corrected chi connectivity index (χ0v) is 10.8.